The summed E-state index contributed by atoms with van der Waals surface area (Å²) in [6.45, 7) is 0.802. The first-order chi connectivity index (χ1) is 9.18. The maximum Gasteiger partial charge on any atom is 0.178 e. The molecule has 1 saturated carbocycles. The monoisotopic (exact) mass is 281 g/mol. The van der Waals surface area contributed by atoms with Gasteiger partial charge >= 0.3 is 0 Å². The predicted octanol–water partition coefficient (Wildman–Crippen LogP) is 2.77. The minimum Gasteiger partial charge on any atom is -0.314 e. The van der Waals surface area contributed by atoms with E-state index >= 15 is 0 Å². The van der Waals surface area contributed by atoms with Crippen LogP contribution in [0.25, 0.3) is 0 Å². The Morgan fingerprint density at radius 1 is 1.05 bits per heavy atom. The van der Waals surface area contributed by atoms with Gasteiger partial charge in [-0.15, -0.1) is 0 Å². The Morgan fingerprint density at radius 2 is 1.74 bits per heavy atom. The van der Waals surface area contributed by atoms with Crippen molar-refractivity contribution in [3.63, 3.8) is 0 Å². The van der Waals surface area contributed by atoms with Crippen LogP contribution in [-0.4, -0.2) is 26.8 Å². The molecule has 1 aliphatic carbocycles. The van der Waals surface area contributed by atoms with Gasteiger partial charge in [-0.3, -0.25) is 0 Å². The first kappa shape index (κ1) is 14.5. The molecule has 0 atom stereocenters. The Morgan fingerprint density at radius 3 is 2.42 bits per heavy atom. The third kappa shape index (κ3) is 4.62. The molecule has 19 heavy (non-hydrogen) atoms. The van der Waals surface area contributed by atoms with E-state index in [2.05, 4.69) is 5.32 Å². The Bertz CT molecular complexity index is 464. The minimum absolute atomic E-state index is 0.233. The Labute approximate surface area is 116 Å². The van der Waals surface area contributed by atoms with Gasteiger partial charge in [-0.25, -0.2) is 8.42 Å². The molecular weight excluding hydrogens is 258 g/mol. The number of nitrogens with one attached hydrogen (secondary N) is 1. The third-order valence-electron chi connectivity index (χ3n) is 3.73. The molecule has 0 amide bonds. The van der Waals surface area contributed by atoms with Crippen LogP contribution in [0.5, 0.6) is 0 Å². The van der Waals surface area contributed by atoms with Crippen LogP contribution in [0.1, 0.15) is 38.5 Å². The maximum atomic E-state index is 12.1. The van der Waals surface area contributed by atoms with Gasteiger partial charge in [0.1, 0.15) is 0 Å². The van der Waals surface area contributed by atoms with Crippen LogP contribution < -0.4 is 5.32 Å². The average molecular weight is 281 g/mol. The van der Waals surface area contributed by atoms with Crippen LogP contribution in [0, 0.1) is 0 Å². The van der Waals surface area contributed by atoms with E-state index in [1.807, 2.05) is 6.07 Å². The molecule has 1 fully saturated rings. The highest BCUT2D eigenvalue weighted by atomic mass is 32.2. The molecule has 106 valence electrons. The predicted molar refractivity (Wildman–Crippen MR) is 78.0 cm³/mol. The van der Waals surface area contributed by atoms with Crippen molar-refractivity contribution in [1.82, 2.24) is 5.32 Å². The highest BCUT2D eigenvalue weighted by molar-refractivity contribution is 7.91. The number of hydrogen-bond donors (Lipinski definition) is 1. The normalized spacial score (nSPS) is 17.5. The lowest BCUT2D eigenvalue weighted by atomic mass is 9.95. The van der Waals surface area contributed by atoms with Crippen molar-refractivity contribution in [2.45, 2.75) is 49.5 Å². The van der Waals surface area contributed by atoms with Crippen LogP contribution in [-0.2, 0) is 9.84 Å². The lowest BCUT2D eigenvalue weighted by Gasteiger charge is -2.22. The fourth-order valence-electron chi connectivity index (χ4n) is 2.62. The zero-order valence-corrected chi connectivity index (χ0v) is 12.2. The molecule has 4 heteroatoms. The Kier molecular flexibility index (Phi) is 5.40. The third-order valence-corrected chi connectivity index (χ3v) is 5.55. The average Bonchev–Trinajstić information content (AvgIpc) is 2.46. The van der Waals surface area contributed by atoms with Gasteiger partial charge in [0.05, 0.1) is 10.6 Å². The number of benzene rings is 1. The first-order valence-corrected chi connectivity index (χ1v) is 8.85. The SMILES string of the molecule is O=S(=O)(CCCNC1CCCCC1)c1ccccc1. The van der Waals surface area contributed by atoms with Gasteiger partial charge in [-0.05, 0) is 37.9 Å². The smallest absolute Gasteiger partial charge is 0.178 e. The van der Waals surface area contributed by atoms with Gasteiger partial charge in [0, 0.05) is 6.04 Å². The summed E-state index contributed by atoms with van der Waals surface area (Å²) in [4.78, 5) is 0.438. The summed E-state index contributed by atoms with van der Waals surface area (Å²) in [6.07, 6.45) is 7.13. The van der Waals surface area contributed by atoms with Gasteiger partial charge in [0.15, 0.2) is 9.84 Å². The summed E-state index contributed by atoms with van der Waals surface area (Å²) < 4.78 is 24.1. The molecule has 0 radical (unpaired) electrons. The van der Waals surface area contributed by atoms with E-state index in [1.54, 1.807) is 24.3 Å². The summed E-state index contributed by atoms with van der Waals surface area (Å²) in [6, 6.07) is 9.32. The van der Waals surface area contributed by atoms with Crippen LogP contribution in [0.15, 0.2) is 35.2 Å². The van der Waals surface area contributed by atoms with Crippen LogP contribution in [0.2, 0.25) is 0 Å². The summed E-state index contributed by atoms with van der Waals surface area (Å²) in [5.74, 6) is 0.233. The highest BCUT2D eigenvalue weighted by Crippen LogP contribution is 2.17. The molecule has 0 unspecified atom stereocenters. The van der Waals surface area contributed by atoms with Crippen molar-refractivity contribution in [2.24, 2.45) is 0 Å². The zero-order chi connectivity index (χ0) is 13.6. The second-order valence-corrected chi connectivity index (χ2v) is 7.38. The van der Waals surface area contributed by atoms with Crippen molar-refractivity contribution in [3.8, 4) is 0 Å². The van der Waals surface area contributed by atoms with Gasteiger partial charge in [-0.1, -0.05) is 37.5 Å². The topological polar surface area (TPSA) is 46.2 Å². The molecule has 0 aliphatic heterocycles. The molecule has 0 spiro atoms. The zero-order valence-electron chi connectivity index (χ0n) is 11.3. The highest BCUT2D eigenvalue weighted by Gasteiger charge is 2.15. The van der Waals surface area contributed by atoms with Crippen molar-refractivity contribution < 1.29 is 8.42 Å². The van der Waals surface area contributed by atoms with E-state index in [1.165, 1.54) is 32.1 Å². The van der Waals surface area contributed by atoms with E-state index < -0.39 is 9.84 Å². The van der Waals surface area contributed by atoms with E-state index in [9.17, 15) is 8.42 Å². The second-order valence-electron chi connectivity index (χ2n) is 5.27. The first-order valence-electron chi connectivity index (χ1n) is 7.20. The molecule has 1 N–H and O–H groups in total. The molecule has 0 aromatic heterocycles. The molecular formula is C15H23NO2S. The molecule has 1 aromatic carbocycles. The molecule has 1 aromatic rings. The molecule has 1 aliphatic rings. The Balaban J connectivity index is 1.73. The van der Waals surface area contributed by atoms with E-state index in [-0.39, 0.29) is 5.75 Å². The summed E-state index contributed by atoms with van der Waals surface area (Å²) in [7, 11) is -3.10. The van der Waals surface area contributed by atoms with Crippen LogP contribution in [0.4, 0.5) is 0 Å². The number of hydrogen-bond acceptors (Lipinski definition) is 3. The largest absolute Gasteiger partial charge is 0.314 e. The summed E-state index contributed by atoms with van der Waals surface area (Å²) in [5, 5.41) is 3.48. The van der Waals surface area contributed by atoms with Gasteiger partial charge < -0.3 is 5.32 Å². The molecule has 0 heterocycles. The van der Waals surface area contributed by atoms with Gasteiger partial charge in [-0.2, -0.15) is 0 Å². The second kappa shape index (κ2) is 7.06. The summed E-state index contributed by atoms with van der Waals surface area (Å²) in [5.41, 5.74) is 0. The van der Waals surface area contributed by atoms with E-state index in [0.717, 1.165) is 6.54 Å². The van der Waals surface area contributed by atoms with Gasteiger partial charge in [0.25, 0.3) is 0 Å². The molecule has 2 rings (SSSR count). The Hall–Kier alpha value is -0.870. The maximum absolute atomic E-state index is 12.1. The van der Waals surface area contributed by atoms with Gasteiger partial charge in [0.2, 0.25) is 0 Å². The molecule has 0 saturated heterocycles. The minimum atomic E-state index is -3.10. The van der Waals surface area contributed by atoms with Crippen molar-refractivity contribution in [1.29, 1.82) is 0 Å². The fourth-order valence-corrected chi connectivity index (χ4v) is 3.95. The fraction of sp³-hybridized carbons (Fsp3) is 0.600. The standard InChI is InChI=1S/C15H23NO2S/c17-19(18,15-10-5-2-6-11-15)13-7-12-16-14-8-3-1-4-9-14/h2,5-6,10-11,14,16H,1,3-4,7-9,12-13H2. The molecule has 0 bridgehead atoms. The van der Waals surface area contributed by atoms with E-state index in [4.69, 9.17) is 0 Å². The number of sulfone groups is 1. The van der Waals surface area contributed by atoms with Crippen molar-refractivity contribution in [3.05, 3.63) is 30.3 Å². The lowest BCUT2D eigenvalue weighted by Crippen LogP contribution is -2.32. The quantitative estimate of drug-likeness (QED) is 0.816. The number of rotatable bonds is 6. The lowest BCUT2D eigenvalue weighted by molar-refractivity contribution is 0.374. The van der Waals surface area contributed by atoms with E-state index in [0.29, 0.717) is 17.4 Å². The van der Waals surface area contributed by atoms with Crippen LogP contribution >= 0.6 is 0 Å². The van der Waals surface area contributed by atoms with Crippen molar-refractivity contribution >= 4 is 9.84 Å². The van der Waals surface area contributed by atoms with Crippen molar-refractivity contribution in [2.75, 3.05) is 12.3 Å². The van der Waals surface area contributed by atoms with Crippen LogP contribution in [0.3, 0.4) is 0 Å². The summed E-state index contributed by atoms with van der Waals surface area (Å²) >= 11 is 0. The molecule has 3 nitrogen and oxygen atoms in total.